The Hall–Kier alpha value is -4.23. The molecule has 10 nitrogen and oxygen atoms in total. The first-order valence-electron chi connectivity index (χ1n) is 15.6. The molecule has 3 rings (SSSR count). The summed E-state index contributed by atoms with van der Waals surface area (Å²) in [6.45, 7) is 14.4. The second-order valence-electron chi connectivity index (χ2n) is 11.5. The molecule has 0 saturated heterocycles. The van der Waals surface area contributed by atoms with Gasteiger partial charge in [0.05, 0.1) is 23.6 Å². The lowest BCUT2D eigenvalue weighted by atomic mass is 9.88. The quantitative estimate of drug-likeness (QED) is 0.149. The van der Waals surface area contributed by atoms with Gasteiger partial charge in [0, 0.05) is 0 Å². The number of halogens is 9. The Morgan fingerprint density at radius 2 is 1.58 bits per heavy atom. The first-order chi connectivity index (χ1) is 24.0. The SMILES string of the molecule is C=C/C=C(\C=C)COC1(C(F)(F)F)CC/C=C\CCC(O)(C(F)(F)F)c2nc(c(NC(=O)OC(C)(C)C)cc2C(F)(F)F)-c2nnc1o2.CC.CN. The number of ether oxygens (including phenoxy) is 2. The van der Waals surface area contributed by atoms with Crippen molar-refractivity contribution in [3.8, 4) is 11.6 Å². The van der Waals surface area contributed by atoms with Gasteiger partial charge in [-0.15, -0.1) is 10.2 Å². The molecule has 2 aromatic heterocycles. The zero-order valence-corrected chi connectivity index (χ0v) is 29.3. The third-order valence-electron chi connectivity index (χ3n) is 6.84. The second kappa shape index (κ2) is 18.0. The Morgan fingerprint density at radius 3 is 2.06 bits per heavy atom. The van der Waals surface area contributed by atoms with Crippen molar-refractivity contribution in [3.63, 3.8) is 0 Å². The summed E-state index contributed by atoms with van der Waals surface area (Å²) in [5.74, 6) is -2.43. The number of amides is 1. The maximum atomic E-state index is 14.9. The van der Waals surface area contributed by atoms with Crippen LogP contribution < -0.4 is 11.1 Å². The smallest absolute Gasteiger partial charge is 0.426 e. The van der Waals surface area contributed by atoms with E-state index >= 15 is 0 Å². The molecular weight excluding hydrogens is 717 g/mol. The van der Waals surface area contributed by atoms with E-state index < -0.39 is 108 Å². The van der Waals surface area contributed by atoms with Gasteiger partial charge >= 0.3 is 24.6 Å². The molecule has 4 bridgehead atoms. The molecule has 1 aliphatic heterocycles. The van der Waals surface area contributed by atoms with Crippen LogP contribution >= 0.6 is 0 Å². The van der Waals surface area contributed by atoms with E-state index in [1.54, 1.807) is 0 Å². The van der Waals surface area contributed by atoms with Crippen molar-refractivity contribution in [1.29, 1.82) is 0 Å². The number of fused-ring (bicyclic) bond motifs is 5. The molecule has 0 aromatic carbocycles. The van der Waals surface area contributed by atoms with Crippen LogP contribution in [0, 0.1) is 0 Å². The lowest BCUT2D eigenvalue weighted by Gasteiger charge is -2.33. The number of rotatable bonds is 6. The molecule has 1 aliphatic rings. The summed E-state index contributed by atoms with van der Waals surface area (Å²) in [4.78, 5) is 16.0. The molecule has 0 aliphatic carbocycles. The number of allylic oxidation sites excluding steroid dienone is 4. The molecule has 1 amide bonds. The Balaban J connectivity index is 0.00000326. The van der Waals surface area contributed by atoms with Crippen LogP contribution in [0.25, 0.3) is 11.6 Å². The molecule has 52 heavy (non-hydrogen) atoms. The first-order valence-corrected chi connectivity index (χ1v) is 15.6. The third-order valence-corrected chi connectivity index (χ3v) is 6.84. The average molecular weight is 760 g/mol. The molecule has 3 heterocycles. The van der Waals surface area contributed by atoms with Crippen molar-refractivity contribution in [1.82, 2.24) is 15.2 Å². The summed E-state index contributed by atoms with van der Waals surface area (Å²) >= 11 is 0. The number of hydrogen-bond donors (Lipinski definition) is 3. The molecular formula is C33H42F9N5O5. The maximum Gasteiger partial charge on any atom is 0.426 e. The van der Waals surface area contributed by atoms with Crippen molar-refractivity contribution in [2.45, 2.75) is 95.6 Å². The highest BCUT2D eigenvalue weighted by atomic mass is 19.4. The van der Waals surface area contributed by atoms with E-state index in [2.05, 4.69) is 34.1 Å². The van der Waals surface area contributed by atoms with Gasteiger partial charge in [-0.25, -0.2) is 9.78 Å². The zero-order chi connectivity index (χ0) is 40.3. The summed E-state index contributed by atoms with van der Waals surface area (Å²) in [7, 11) is 1.50. The van der Waals surface area contributed by atoms with E-state index in [1.807, 2.05) is 19.2 Å². The van der Waals surface area contributed by atoms with Gasteiger partial charge in [0.25, 0.3) is 11.8 Å². The fourth-order valence-corrected chi connectivity index (χ4v) is 4.53. The van der Waals surface area contributed by atoms with Crippen LogP contribution in [0.4, 0.5) is 50.0 Å². The number of carbonyl (C=O) groups excluding carboxylic acids is 1. The molecule has 0 radical (unpaired) electrons. The fourth-order valence-electron chi connectivity index (χ4n) is 4.53. The topological polar surface area (TPSA) is 146 Å². The summed E-state index contributed by atoms with van der Waals surface area (Å²) in [6, 6.07) is 0.00776. The van der Waals surface area contributed by atoms with Crippen molar-refractivity contribution in [2.24, 2.45) is 5.73 Å². The van der Waals surface area contributed by atoms with E-state index in [1.165, 1.54) is 46.0 Å². The number of nitrogens with two attached hydrogens (primary N) is 1. The lowest BCUT2D eigenvalue weighted by molar-refractivity contribution is -0.292. The summed E-state index contributed by atoms with van der Waals surface area (Å²) in [5, 5.41) is 19.6. The predicted octanol–water partition coefficient (Wildman–Crippen LogP) is 9.05. The summed E-state index contributed by atoms with van der Waals surface area (Å²) in [6.07, 6.45) is -15.9. The predicted molar refractivity (Wildman–Crippen MR) is 174 cm³/mol. The van der Waals surface area contributed by atoms with E-state index in [9.17, 15) is 49.4 Å². The van der Waals surface area contributed by atoms with Crippen molar-refractivity contribution in [2.75, 3.05) is 19.0 Å². The van der Waals surface area contributed by atoms with Gasteiger partial charge in [-0.2, -0.15) is 39.5 Å². The number of anilines is 1. The highest BCUT2D eigenvalue weighted by Gasteiger charge is 2.62. The van der Waals surface area contributed by atoms with E-state index in [-0.39, 0.29) is 11.6 Å². The van der Waals surface area contributed by atoms with Crippen LogP contribution in [0.3, 0.4) is 0 Å². The van der Waals surface area contributed by atoms with Gasteiger partial charge in [0.1, 0.15) is 5.60 Å². The number of hydrogen-bond acceptors (Lipinski definition) is 9. The van der Waals surface area contributed by atoms with Gasteiger partial charge in [-0.1, -0.05) is 57.4 Å². The van der Waals surface area contributed by atoms with Gasteiger partial charge in [0.15, 0.2) is 5.69 Å². The highest BCUT2D eigenvalue weighted by Crippen LogP contribution is 2.50. The number of carbonyl (C=O) groups is 1. The number of nitrogens with one attached hydrogen (secondary N) is 1. The standard InChI is InChI=1S/C30H31F9N4O5.C2H6.CH5N/c1-6-12-17(7-2)16-46-27(30(37,38)39)14-11-9-8-10-13-26(45,29(34,35)36)21-18(28(31,32)33)15-19(40-24(44)48-25(3,4)5)20(41-21)22-42-43-23(27)47-22;2*1-2/h6-9,12,15,45H,1-2,10-11,13-14,16H2,3-5H3,(H,40,44);1-2H3;2H2,1H3/b9-8-,17-12+;;. The fraction of sp³-hybridized carbons (Fsp3) is 0.515. The molecule has 2 unspecified atom stereocenters. The van der Waals surface area contributed by atoms with Gasteiger partial charge in [-0.3, -0.25) is 5.32 Å². The Morgan fingerprint density at radius 1 is 1.00 bits per heavy atom. The summed E-state index contributed by atoms with van der Waals surface area (Å²) < 4.78 is 147. The van der Waals surface area contributed by atoms with E-state index in [0.29, 0.717) is 0 Å². The number of aliphatic hydroxyl groups is 1. The van der Waals surface area contributed by atoms with Crippen LogP contribution in [-0.4, -0.2) is 58.0 Å². The monoisotopic (exact) mass is 759 g/mol. The first kappa shape index (κ1) is 45.8. The minimum Gasteiger partial charge on any atom is -0.444 e. The average Bonchev–Trinajstić information content (AvgIpc) is 3.52. The Labute approximate surface area is 294 Å². The van der Waals surface area contributed by atoms with Gasteiger partial charge in [0.2, 0.25) is 11.2 Å². The Bertz CT molecular complexity index is 1580. The van der Waals surface area contributed by atoms with Crippen LogP contribution in [-0.2, 0) is 26.9 Å². The molecule has 0 fully saturated rings. The largest absolute Gasteiger partial charge is 0.444 e. The Kier molecular flexibility index (Phi) is 15.9. The third kappa shape index (κ3) is 10.9. The number of nitrogens with zero attached hydrogens (tertiary/aromatic N) is 3. The van der Waals surface area contributed by atoms with Crippen LogP contribution in [0.2, 0.25) is 0 Å². The molecule has 0 saturated carbocycles. The van der Waals surface area contributed by atoms with Crippen LogP contribution in [0.1, 0.15) is 77.5 Å². The molecule has 19 heteroatoms. The molecule has 2 atom stereocenters. The van der Waals surface area contributed by atoms with Gasteiger partial charge < -0.3 is 24.7 Å². The number of alkyl halides is 9. The maximum absolute atomic E-state index is 14.9. The van der Waals surface area contributed by atoms with Gasteiger partial charge in [-0.05, 0) is 65.1 Å². The summed E-state index contributed by atoms with van der Waals surface area (Å²) in [5.41, 5.74) is -10.4. The molecule has 0 spiro atoms. The van der Waals surface area contributed by atoms with Crippen molar-refractivity contribution >= 4 is 11.8 Å². The molecule has 4 N–H and O–H groups in total. The van der Waals surface area contributed by atoms with Crippen LogP contribution in [0.5, 0.6) is 0 Å². The minimum absolute atomic E-state index is 0.00776. The van der Waals surface area contributed by atoms with E-state index in [0.717, 1.165) is 12.2 Å². The van der Waals surface area contributed by atoms with Crippen LogP contribution in [0.15, 0.2) is 59.6 Å². The second-order valence-corrected chi connectivity index (χ2v) is 11.5. The normalized spacial score (nSPS) is 20.5. The minimum atomic E-state index is -5.75. The van der Waals surface area contributed by atoms with Crippen molar-refractivity contribution < 1.29 is 63.3 Å². The lowest BCUT2D eigenvalue weighted by Crippen LogP contribution is -2.45. The molecule has 2 aromatic rings. The van der Waals surface area contributed by atoms with Crippen molar-refractivity contribution in [3.05, 3.63) is 72.3 Å². The highest BCUT2D eigenvalue weighted by molar-refractivity contribution is 5.89. The number of aromatic nitrogens is 3. The van der Waals surface area contributed by atoms with E-state index in [4.69, 9.17) is 13.9 Å². The zero-order valence-electron chi connectivity index (χ0n) is 29.3. The number of pyridine rings is 1. The molecule has 292 valence electrons.